The Labute approximate surface area is 139 Å². The lowest BCUT2D eigenvalue weighted by Crippen LogP contribution is -2.45. The standard InChI is InChI=1S/C17H20N4O3/c1-11-3-5-13(6-4-11)21-10-15(18-19-21)16(22)20-8-7-14(17(23)24)12(2)9-20/h3-6,10,12,14H,7-9H2,1-2H3,(H,23,24). The van der Waals surface area contributed by atoms with E-state index in [0.717, 1.165) is 11.3 Å². The third-order valence-electron chi connectivity index (χ3n) is 4.52. The monoisotopic (exact) mass is 328 g/mol. The van der Waals surface area contributed by atoms with Gasteiger partial charge in [-0.25, -0.2) is 4.68 Å². The summed E-state index contributed by atoms with van der Waals surface area (Å²) in [5, 5.41) is 17.2. The van der Waals surface area contributed by atoms with E-state index in [1.165, 1.54) is 0 Å². The van der Waals surface area contributed by atoms with Crippen LogP contribution in [0.1, 0.15) is 29.4 Å². The van der Waals surface area contributed by atoms with Crippen LogP contribution in [-0.4, -0.2) is 50.0 Å². The van der Waals surface area contributed by atoms with E-state index in [1.54, 1.807) is 15.8 Å². The molecule has 1 N–H and O–H groups in total. The lowest BCUT2D eigenvalue weighted by molar-refractivity contribution is -0.145. The predicted octanol–water partition coefficient (Wildman–Crippen LogP) is 1.76. The molecule has 1 aromatic heterocycles. The number of hydrogen-bond donors (Lipinski definition) is 1. The number of carboxylic acids is 1. The van der Waals surface area contributed by atoms with Gasteiger partial charge in [0.1, 0.15) is 0 Å². The molecule has 2 heterocycles. The average molecular weight is 328 g/mol. The normalized spacial score (nSPS) is 20.8. The Morgan fingerprint density at radius 2 is 1.96 bits per heavy atom. The van der Waals surface area contributed by atoms with Crippen LogP contribution >= 0.6 is 0 Å². The molecule has 1 aliphatic rings. The van der Waals surface area contributed by atoms with Crippen molar-refractivity contribution in [1.29, 1.82) is 0 Å². The molecule has 1 aliphatic heterocycles. The lowest BCUT2D eigenvalue weighted by Gasteiger charge is -2.34. The highest BCUT2D eigenvalue weighted by Crippen LogP contribution is 2.24. The van der Waals surface area contributed by atoms with Crippen molar-refractivity contribution < 1.29 is 14.7 Å². The molecule has 0 bridgehead atoms. The number of hydrogen-bond acceptors (Lipinski definition) is 4. The highest BCUT2D eigenvalue weighted by atomic mass is 16.4. The maximum absolute atomic E-state index is 12.6. The third kappa shape index (κ3) is 3.15. The third-order valence-corrected chi connectivity index (χ3v) is 4.52. The molecule has 2 atom stereocenters. The van der Waals surface area contributed by atoms with Gasteiger partial charge in [-0.05, 0) is 31.4 Å². The zero-order valence-corrected chi connectivity index (χ0v) is 13.7. The van der Waals surface area contributed by atoms with Gasteiger partial charge >= 0.3 is 5.97 Å². The molecular weight excluding hydrogens is 308 g/mol. The van der Waals surface area contributed by atoms with Gasteiger partial charge in [-0.15, -0.1) is 5.10 Å². The number of aliphatic carboxylic acids is 1. The molecule has 2 aromatic rings. The first kappa shape index (κ1) is 16.2. The largest absolute Gasteiger partial charge is 0.481 e. The fraction of sp³-hybridized carbons (Fsp3) is 0.412. The Morgan fingerprint density at radius 3 is 2.58 bits per heavy atom. The van der Waals surface area contributed by atoms with E-state index in [1.807, 2.05) is 38.1 Å². The van der Waals surface area contributed by atoms with E-state index in [0.29, 0.717) is 19.5 Å². The van der Waals surface area contributed by atoms with Crippen molar-refractivity contribution in [2.45, 2.75) is 20.3 Å². The number of carbonyl (C=O) groups excluding carboxylic acids is 1. The minimum Gasteiger partial charge on any atom is -0.481 e. The molecule has 3 rings (SSSR count). The van der Waals surface area contributed by atoms with E-state index in [2.05, 4.69) is 10.3 Å². The van der Waals surface area contributed by atoms with Gasteiger partial charge in [0.15, 0.2) is 5.69 Å². The average Bonchev–Trinajstić information content (AvgIpc) is 3.04. The summed E-state index contributed by atoms with van der Waals surface area (Å²) >= 11 is 0. The minimum atomic E-state index is -0.792. The Balaban J connectivity index is 1.72. The highest BCUT2D eigenvalue weighted by molar-refractivity contribution is 5.92. The van der Waals surface area contributed by atoms with Gasteiger partial charge in [0, 0.05) is 13.1 Å². The molecule has 0 spiro atoms. The second-order valence-electron chi connectivity index (χ2n) is 6.35. The van der Waals surface area contributed by atoms with Crippen LogP contribution in [0.25, 0.3) is 5.69 Å². The molecule has 1 fully saturated rings. The molecule has 1 amide bonds. The van der Waals surface area contributed by atoms with Crippen LogP contribution in [-0.2, 0) is 4.79 Å². The highest BCUT2D eigenvalue weighted by Gasteiger charge is 2.34. The number of amides is 1. The molecular formula is C17H20N4O3. The summed E-state index contributed by atoms with van der Waals surface area (Å²) in [4.78, 5) is 25.4. The van der Waals surface area contributed by atoms with Gasteiger partial charge < -0.3 is 10.0 Å². The summed E-state index contributed by atoms with van der Waals surface area (Å²) in [6.45, 7) is 4.72. The number of piperidine rings is 1. The predicted molar refractivity (Wildman–Crippen MR) is 86.9 cm³/mol. The van der Waals surface area contributed by atoms with Gasteiger partial charge in [-0.2, -0.15) is 0 Å². The molecule has 126 valence electrons. The summed E-state index contributed by atoms with van der Waals surface area (Å²) in [7, 11) is 0. The molecule has 1 saturated heterocycles. The van der Waals surface area contributed by atoms with Crippen molar-refractivity contribution in [3.05, 3.63) is 41.7 Å². The summed E-state index contributed by atoms with van der Waals surface area (Å²) < 4.78 is 1.57. The zero-order chi connectivity index (χ0) is 17.3. The molecule has 0 saturated carbocycles. The minimum absolute atomic E-state index is 0.0765. The first-order chi connectivity index (χ1) is 11.5. The Kier molecular flexibility index (Phi) is 4.33. The van der Waals surface area contributed by atoms with Crippen molar-refractivity contribution in [3.8, 4) is 5.69 Å². The Morgan fingerprint density at radius 1 is 1.25 bits per heavy atom. The van der Waals surface area contributed by atoms with Gasteiger partial charge in [-0.1, -0.05) is 29.8 Å². The maximum Gasteiger partial charge on any atom is 0.306 e. The second-order valence-corrected chi connectivity index (χ2v) is 6.35. The van der Waals surface area contributed by atoms with Crippen molar-refractivity contribution in [1.82, 2.24) is 19.9 Å². The first-order valence-corrected chi connectivity index (χ1v) is 7.97. The van der Waals surface area contributed by atoms with Crippen LogP contribution in [0.2, 0.25) is 0 Å². The number of rotatable bonds is 3. The van der Waals surface area contributed by atoms with Crippen LogP contribution in [0.5, 0.6) is 0 Å². The maximum atomic E-state index is 12.6. The molecule has 0 aliphatic carbocycles. The molecule has 24 heavy (non-hydrogen) atoms. The molecule has 7 nitrogen and oxygen atoms in total. The number of benzene rings is 1. The van der Waals surface area contributed by atoms with Gasteiger partial charge in [0.05, 0.1) is 17.8 Å². The van der Waals surface area contributed by atoms with Gasteiger partial charge in [0.25, 0.3) is 5.91 Å². The smallest absolute Gasteiger partial charge is 0.306 e. The van der Waals surface area contributed by atoms with E-state index >= 15 is 0 Å². The second kappa shape index (κ2) is 6.43. The van der Waals surface area contributed by atoms with Crippen LogP contribution < -0.4 is 0 Å². The first-order valence-electron chi connectivity index (χ1n) is 7.97. The summed E-state index contributed by atoms with van der Waals surface area (Å²) in [6.07, 6.45) is 2.08. The van der Waals surface area contributed by atoms with Crippen molar-refractivity contribution >= 4 is 11.9 Å². The fourth-order valence-electron chi connectivity index (χ4n) is 3.04. The summed E-state index contributed by atoms with van der Waals surface area (Å²) in [6, 6.07) is 7.77. The fourth-order valence-corrected chi connectivity index (χ4v) is 3.04. The van der Waals surface area contributed by atoms with E-state index in [4.69, 9.17) is 0 Å². The quantitative estimate of drug-likeness (QED) is 0.927. The molecule has 2 unspecified atom stereocenters. The number of aromatic nitrogens is 3. The van der Waals surface area contributed by atoms with Gasteiger partial charge in [-0.3, -0.25) is 9.59 Å². The van der Waals surface area contributed by atoms with E-state index < -0.39 is 11.9 Å². The SMILES string of the molecule is Cc1ccc(-n2cc(C(=O)N3CCC(C(=O)O)C(C)C3)nn2)cc1. The van der Waals surface area contributed by atoms with Crippen LogP contribution in [0.4, 0.5) is 0 Å². The number of likely N-dealkylation sites (tertiary alicyclic amines) is 1. The summed E-state index contributed by atoms with van der Waals surface area (Å²) in [5.41, 5.74) is 2.26. The van der Waals surface area contributed by atoms with Crippen molar-refractivity contribution in [3.63, 3.8) is 0 Å². The number of nitrogens with zero attached hydrogens (tertiary/aromatic N) is 4. The van der Waals surface area contributed by atoms with Crippen molar-refractivity contribution in [2.24, 2.45) is 11.8 Å². The van der Waals surface area contributed by atoms with Gasteiger partial charge in [0.2, 0.25) is 0 Å². The molecule has 1 aromatic carbocycles. The molecule has 7 heteroatoms. The zero-order valence-electron chi connectivity index (χ0n) is 13.7. The van der Waals surface area contributed by atoms with E-state index in [-0.39, 0.29) is 17.5 Å². The van der Waals surface area contributed by atoms with Crippen LogP contribution in [0.15, 0.2) is 30.5 Å². The number of aryl methyl sites for hydroxylation is 1. The lowest BCUT2D eigenvalue weighted by atomic mass is 9.87. The topological polar surface area (TPSA) is 88.3 Å². The van der Waals surface area contributed by atoms with Crippen LogP contribution in [0.3, 0.4) is 0 Å². The van der Waals surface area contributed by atoms with Crippen molar-refractivity contribution in [2.75, 3.05) is 13.1 Å². The van der Waals surface area contributed by atoms with E-state index in [9.17, 15) is 14.7 Å². The number of carboxylic acid groups (broad SMARTS) is 1. The molecule has 0 radical (unpaired) electrons. The Bertz CT molecular complexity index is 753. The van der Waals surface area contributed by atoms with Crippen LogP contribution in [0, 0.1) is 18.8 Å². The number of carbonyl (C=O) groups is 2. The Hall–Kier alpha value is -2.70. The summed E-state index contributed by atoms with van der Waals surface area (Å²) in [5.74, 6) is -1.46.